The van der Waals surface area contributed by atoms with Gasteiger partial charge in [0.2, 0.25) is 0 Å². The van der Waals surface area contributed by atoms with E-state index in [0.717, 1.165) is 16.8 Å². The summed E-state index contributed by atoms with van der Waals surface area (Å²) in [5.74, 6) is 1.37. The van der Waals surface area contributed by atoms with E-state index in [4.69, 9.17) is 4.74 Å². The average molecular weight is 417 g/mol. The maximum absolute atomic E-state index is 12.3. The second-order valence-electron chi connectivity index (χ2n) is 7.00. The molecule has 0 fully saturated rings. The fraction of sp³-hybridized carbons (Fsp3) is 0.227. The summed E-state index contributed by atoms with van der Waals surface area (Å²) < 4.78 is 6.76. The zero-order valence-corrected chi connectivity index (χ0v) is 17.8. The lowest BCUT2D eigenvalue weighted by Gasteiger charge is -2.07. The van der Waals surface area contributed by atoms with Crippen molar-refractivity contribution in [2.75, 3.05) is 11.9 Å². The van der Waals surface area contributed by atoms with Crippen LogP contribution in [0.3, 0.4) is 0 Å². The zero-order chi connectivity index (χ0) is 22.0. The summed E-state index contributed by atoms with van der Waals surface area (Å²) in [7, 11) is 0. The maximum atomic E-state index is 12.3. The highest BCUT2D eigenvalue weighted by Crippen LogP contribution is 2.27. The Hall–Kier alpha value is -4.01. The largest absolute Gasteiger partial charge is 0.462 e. The first-order chi connectivity index (χ1) is 15.0. The summed E-state index contributed by atoms with van der Waals surface area (Å²) >= 11 is 0. The topological polar surface area (TPSA) is 111 Å². The van der Waals surface area contributed by atoms with Gasteiger partial charge < -0.3 is 10.1 Å². The van der Waals surface area contributed by atoms with Crippen LogP contribution in [-0.2, 0) is 4.74 Å². The van der Waals surface area contributed by atoms with E-state index in [9.17, 15) is 4.79 Å². The molecule has 4 rings (SSSR count). The molecule has 0 amide bonds. The highest BCUT2D eigenvalue weighted by molar-refractivity contribution is 5.92. The monoisotopic (exact) mass is 417 g/mol. The summed E-state index contributed by atoms with van der Waals surface area (Å²) in [6.45, 7) is 7.65. The molecule has 0 saturated heterocycles. The van der Waals surface area contributed by atoms with Crippen molar-refractivity contribution in [3.05, 3.63) is 65.2 Å². The van der Waals surface area contributed by atoms with Crippen molar-refractivity contribution < 1.29 is 9.53 Å². The van der Waals surface area contributed by atoms with Gasteiger partial charge in [-0.05, 0) is 33.3 Å². The van der Waals surface area contributed by atoms with Crippen LogP contribution in [0.25, 0.3) is 17.1 Å². The normalized spacial score (nSPS) is 10.8. The summed E-state index contributed by atoms with van der Waals surface area (Å²) in [6, 6.07) is 11.7. The number of ether oxygens (including phenoxy) is 1. The van der Waals surface area contributed by atoms with Crippen LogP contribution in [-0.4, -0.2) is 42.5 Å². The Kier molecular flexibility index (Phi) is 5.48. The number of anilines is 2. The van der Waals surface area contributed by atoms with Crippen molar-refractivity contribution in [2.45, 2.75) is 27.7 Å². The second kappa shape index (κ2) is 8.39. The van der Waals surface area contributed by atoms with Crippen molar-refractivity contribution in [3.63, 3.8) is 0 Å². The number of benzene rings is 1. The van der Waals surface area contributed by atoms with Gasteiger partial charge in [-0.15, -0.1) is 0 Å². The van der Waals surface area contributed by atoms with E-state index in [1.165, 1.54) is 6.33 Å². The van der Waals surface area contributed by atoms with E-state index in [1.807, 2.05) is 44.2 Å². The fourth-order valence-electron chi connectivity index (χ4n) is 3.42. The Morgan fingerprint density at radius 2 is 1.94 bits per heavy atom. The molecule has 9 nitrogen and oxygen atoms in total. The molecule has 2 N–H and O–H groups in total. The molecule has 1 aromatic carbocycles. The van der Waals surface area contributed by atoms with Gasteiger partial charge in [0.15, 0.2) is 11.6 Å². The standard InChI is InChI=1S/C22H23N7O2/c1-5-31-22(30)19-14(3)28-29(15(19)4)18-11-17(23-12-24-18)25-21-13(2)20(26-27-21)16-9-7-6-8-10-16/h6-12H,5H2,1-4H3,(H2,23,24,25,26,27). The molecule has 0 spiro atoms. The number of H-pyrrole nitrogens is 1. The predicted octanol–water partition coefficient (Wildman–Crippen LogP) is 3.90. The van der Waals surface area contributed by atoms with Gasteiger partial charge in [-0.25, -0.2) is 19.4 Å². The highest BCUT2D eigenvalue weighted by Gasteiger charge is 2.21. The van der Waals surface area contributed by atoms with Crippen LogP contribution in [0.5, 0.6) is 0 Å². The fourth-order valence-corrected chi connectivity index (χ4v) is 3.42. The highest BCUT2D eigenvalue weighted by atomic mass is 16.5. The zero-order valence-electron chi connectivity index (χ0n) is 17.8. The Labute approximate surface area is 179 Å². The van der Waals surface area contributed by atoms with Crippen LogP contribution < -0.4 is 5.32 Å². The summed E-state index contributed by atoms with van der Waals surface area (Å²) in [5.41, 5.74) is 4.66. The van der Waals surface area contributed by atoms with Crippen molar-refractivity contribution in [1.82, 2.24) is 29.9 Å². The molecule has 4 aromatic rings. The number of rotatable bonds is 6. The molecule has 0 aliphatic heterocycles. The minimum absolute atomic E-state index is 0.304. The van der Waals surface area contributed by atoms with E-state index in [2.05, 4.69) is 30.6 Å². The molecule has 0 aliphatic carbocycles. The van der Waals surface area contributed by atoms with Crippen LogP contribution in [0.15, 0.2) is 42.7 Å². The molecule has 0 atom stereocenters. The lowest BCUT2D eigenvalue weighted by atomic mass is 10.1. The molecule has 0 bridgehead atoms. The number of aromatic amines is 1. The third-order valence-electron chi connectivity index (χ3n) is 4.96. The molecule has 31 heavy (non-hydrogen) atoms. The van der Waals surface area contributed by atoms with E-state index in [1.54, 1.807) is 24.6 Å². The molecule has 3 aromatic heterocycles. The number of esters is 1. The molecule has 0 aliphatic rings. The maximum Gasteiger partial charge on any atom is 0.341 e. The third-order valence-corrected chi connectivity index (χ3v) is 4.96. The van der Waals surface area contributed by atoms with E-state index < -0.39 is 5.97 Å². The number of hydrogen-bond donors (Lipinski definition) is 2. The van der Waals surface area contributed by atoms with Crippen molar-refractivity contribution >= 4 is 17.6 Å². The van der Waals surface area contributed by atoms with Crippen LogP contribution >= 0.6 is 0 Å². The van der Waals surface area contributed by atoms with E-state index in [0.29, 0.717) is 41.0 Å². The third kappa shape index (κ3) is 3.89. The summed E-state index contributed by atoms with van der Waals surface area (Å²) in [4.78, 5) is 20.9. The van der Waals surface area contributed by atoms with Crippen LogP contribution in [0, 0.1) is 20.8 Å². The smallest absolute Gasteiger partial charge is 0.341 e. The van der Waals surface area contributed by atoms with Gasteiger partial charge in [0.05, 0.1) is 23.7 Å². The minimum atomic E-state index is -0.392. The number of aryl methyl sites for hydroxylation is 1. The molecular weight excluding hydrogens is 394 g/mol. The molecule has 9 heteroatoms. The van der Waals surface area contributed by atoms with Gasteiger partial charge in [0.25, 0.3) is 0 Å². The van der Waals surface area contributed by atoms with E-state index >= 15 is 0 Å². The number of nitrogens with zero attached hydrogens (tertiary/aromatic N) is 5. The van der Waals surface area contributed by atoms with Crippen molar-refractivity contribution in [3.8, 4) is 17.1 Å². The number of carbonyl (C=O) groups excluding carboxylic acids is 1. The lowest BCUT2D eigenvalue weighted by molar-refractivity contribution is 0.0524. The number of hydrogen-bond acceptors (Lipinski definition) is 7. The van der Waals surface area contributed by atoms with Crippen molar-refractivity contribution in [2.24, 2.45) is 0 Å². The summed E-state index contributed by atoms with van der Waals surface area (Å²) in [5, 5.41) is 15.2. The minimum Gasteiger partial charge on any atom is -0.462 e. The Balaban J connectivity index is 1.63. The lowest BCUT2D eigenvalue weighted by Crippen LogP contribution is -2.08. The predicted molar refractivity (Wildman–Crippen MR) is 117 cm³/mol. The molecule has 158 valence electrons. The summed E-state index contributed by atoms with van der Waals surface area (Å²) in [6.07, 6.45) is 1.44. The Bertz CT molecular complexity index is 1230. The number of nitrogens with one attached hydrogen (secondary N) is 2. The number of carbonyl (C=O) groups is 1. The molecule has 0 saturated carbocycles. The van der Waals surface area contributed by atoms with E-state index in [-0.39, 0.29) is 0 Å². The Morgan fingerprint density at radius 1 is 1.16 bits per heavy atom. The SMILES string of the molecule is CCOC(=O)c1c(C)nn(-c2cc(Nc3n[nH]c(-c4ccccc4)c3C)ncn2)c1C. The first-order valence-corrected chi connectivity index (χ1v) is 9.92. The van der Waals surface area contributed by atoms with Gasteiger partial charge in [-0.3, -0.25) is 5.10 Å². The van der Waals surface area contributed by atoms with Gasteiger partial charge >= 0.3 is 5.97 Å². The van der Waals surface area contributed by atoms with Gasteiger partial charge in [0.1, 0.15) is 17.7 Å². The Morgan fingerprint density at radius 3 is 2.68 bits per heavy atom. The van der Waals surface area contributed by atoms with Crippen LogP contribution in [0.2, 0.25) is 0 Å². The van der Waals surface area contributed by atoms with Gasteiger partial charge in [-0.2, -0.15) is 10.2 Å². The molecular formula is C22H23N7O2. The number of aromatic nitrogens is 6. The molecule has 0 radical (unpaired) electrons. The second-order valence-corrected chi connectivity index (χ2v) is 7.00. The molecule has 3 heterocycles. The quantitative estimate of drug-likeness (QED) is 0.458. The first-order valence-electron chi connectivity index (χ1n) is 9.92. The van der Waals surface area contributed by atoms with Gasteiger partial charge in [-0.1, -0.05) is 30.3 Å². The van der Waals surface area contributed by atoms with Crippen LogP contribution in [0.4, 0.5) is 11.6 Å². The molecule has 0 unspecified atom stereocenters. The van der Waals surface area contributed by atoms with Gasteiger partial charge in [0, 0.05) is 11.6 Å². The van der Waals surface area contributed by atoms with Crippen molar-refractivity contribution in [1.29, 1.82) is 0 Å². The van der Waals surface area contributed by atoms with Crippen LogP contribution in [0.1, 0.15) is 34.2 Å². The first kappa shape index (κ1) is 20.3. The average Bonchev–Trinajstić information content (AvgIpc) is 3.28.